The Morgan fingerprint density at radius 1 is 1.04 bits per heavy atom. The number of para-hydroxylation sites is 1. The van der Waals surface area contributed by atoms with Crippen LogP contribution in [0, 0.1) is 0 Å². The van der Waals surface area contributed by atoms with E-state index in [1.165, 1.54) is 10.6 Å². The zero-order valence-electron chi connectivity index (χ0n) is 16.7. The van der Waals surface area contributed by atoms with Gasteiger partial charge in [0.1, 0.15) is 11.5 Å². The fourth-order valence-electron chi connectivity index (χ4n) is 3.59. The van der Waals surface area contributed by atoms with Crippen LogP contribution in [0.15, 0.2) is 48.5 Å². The second kappa shape index (κ2) is 9.99. The van der Waals surface area contributed by atoms with Gasteiger partial charge in [0.15, 0.2) is 6.54 Å². The summed E-state index contributed by atoms with van der Waals surface area (Å²) in [7, 11) is 3.35. The molecule has 0 unspecified atom stereocenters. The SMILES string of the molecule is COc1ccc(N2CC[NH+](CC(=O)NCCc3ccccc3OC)CC2)cc1. The van der Waals surface area contributed by atoms with E-state index in [-0.39, 0.29) is 5.91 Å². The van der Waals surface area contributed by atoms with Crippen LogP contribution in [-0.4, -0.2) is 59.4 Å². The van der Waals surface area contributed by atoms with Gasteiger partial charge >= 0.3 is 0 Å². The van der Waals surface area contributed by atoms with E-state index < -0.39 is 0 Å². The molecule has 1 saturated heterocycles. The molecule has 0 radical (unpaired) electrons. The lowest BCUT2D eigenvalue weighted by atomic mass is 10.1. The maximum atomic E-state index is 12.3. The Balaban J connectivity index is 1.38. The molecule has 0 spiro atoms. The molecule has 6 nitrogen and oxygen atoms in total. The highest BCUT2D eigenvalue weighted by atomic mass is 16.5. The van der Waals surface area contributed by atoms with E-state index in [1.54, 1.807) is 14.2 Å². The van der Waals surface area contributed by atoms with E-state index in [4.69, 9.17) is 9.47 Å². The fourth-order valence-corrected chi connectivity index (χ4v) is 3.59. The van der Waals surface area contributed by atoms with Crippen LogP contribution in [-0.2, 0) is 11.2 Å². The molecule has 1 aliphatic heterocycles. The quantitative estimate of drug-likeness (QED) is 0.706. The van der Waals surface area contributed by atoms with E-state index in [0.29, 0.717) is 13.1 Å². The Morgan fingerprint density at radius 3 is 2.43 bits per heavy atom. The number of piperazine rings is 1. The molecule has 0 bridgehead atoms. The Bertz CT molecular complexity index is 756. The fraction of sp³-hybridized carbons (Fsp3) is 0.409. The molecular formula is C22H30N3O3+. The van der Waals surface area contributed by atoms with Crippen molar-refractivity contribution >= 4 is 11.6 Å². The second-order valence-corrected chi connectivity index (χ2v) is 7.02. The van der Waals surface area contributed by atoms with Crippen LogP contribution < -0.4 is 24.6 Å². The summed E-state index contributed by atoms with van der Waals surface area (Å²) in [6, 6.07) is 16.1. The Kier molecular flexibility index (Phi) is 7.14. The minimum absolute atomic E-state index is 0.114. The molecule has 0 aliphatic carbocycles. The Morgan fingerprint density at radius 2 is 1.75 bits per heavy atom. The third-order valence-corrected chi connectivity index (χ3v) is 5.23. The van der Waals surface area contributed by atoms with Crippen molar-refractivity contribution in [3.05, 3.63) is 54.1 Å². The van der Waals surface area contributed by atoms with Crippen molar-refractivity contribution in [2.45, 2.75) is 6.42 Å². The van der Waals surface area contributed by atoms with E-state index >= 15 is 0 Å². The average molecular weight is 385 g/mol. The summed E-state index contributed by atoms with van der Waals surface area (Å²) in [5.74, 6) is 1.86. The lowest BCUT2D eigenvalue weighted by Crippen LogP contribution is -3.16. The average Bonchev–Trinajstić information content (AvgIpc) is 2.75. The lowest BCUT2D eigenvalue weighted by molar-refractivity contribution is -0.892. The minimum Gasteiger partial charge on any atom is -0.497 e. The van der Waals surface area contributed by atoms with Gasteiger partial charge in [0.25, 0.3) is 5.91 Å². The summed E-state index contributed by atoms with van der Waals surface area (Å²) in [5, 5.41) is 3.04. The highest BCUT2D eigenvalue weighted by Gasteiger charge is 2.22. The van der Waals surface area contributed by atoms with Crippen LogP contribution in [0.3, 0.4) is 0 Å². The summed E-state index contributed by atoms with van der Waals surface area (Å²) in [4.78, 5) is 16.0. The third-order valence-electron chi connectivity index (χ3n) is 5.23. The van der Waals surface area contributed by atoms with Gasteiger partial charge in [-0.1, -0.05) is 18.2 Å². The molecule has 3 rings (SSSR count). The number of carbonyl (C=O) groups excluding carboxylic acids is 1. The predicted molar refractivity (Wildman–Crippen MR) is 110 cm³/mol. The second-order valence-electron chi connectivity index (χ2n) is 7.02. The van der Waals surface area contributed by atoms with Crippen molar-refractivity contribution in [2.75, 3.05) is 58.4 Å². The standard InChI is InChI=1S/C22H29N3O3/c1-27-20-9-7-19(8-10-20)25-15-13-24(14-16-25)17-22(26)23-12-11-18-5-3-4-6-21(18)28-2/h3-10H,11-17H2,1-2H3,(H,23,26)/p+1. The van der Waals surface area contributed by atoms with E-state index in [1.807, 2.05) is 36.4 Å². The normalized spacial score (nSPS) is 14.6. The van der Waals surface area contributed by atoms with E-state index in [9.17, 15) is 4.79 Å². The van der Waals surface area contributed by atoms with E-state index in [2.05, 4.69) is 22.3 Å². The van der Waals surface area contributed by atoms with E-state index in [0.717, 1.165) is 49.7 Å². The summed E-state index contributed by atoms with van der Waals surface area (Å²) < 4.78 is 10.6. The van der Waals surface area contributed by atoms with Crippen molar-refractivity contribution in [3.8, 4) is 11.5 Å². The third kappa shape index (κ3) is 5.39. The smallest absolute Gasteiger partial charge is 0.275 e. The number of anilines is 1. The molecule has 1 aliphatic rings. The maximum absolute atomic E-state index is 12.3. The highest BCUT2D eigenvalue weighted by molar-refractivity contribution is 5.76. The van der Waals surface area contributed by atoms with Crippen LogP contribution in [0.4, 0.5) is 5.69 Å². The minimum atomic E-state index is 0.114. The topological polar surface area (TPSA) is 55.2 Å². The number of methoxy groups -OCH3 is 2. The van der Waals surface area contributed by atoms with Gasteiger partial charge in [-0.15, -0.1) is 0 Å². The van der Waals surface area contributed by atoms with Gasteiger partial charge in [-0.25, -0.2) is 0 Å². The largest absolute Gasteiger partial charge is 0.497 e. The van der Waals surface area contributed by atoms with Crippen molar-refractivity contribution in [1.82, 2.24) is 5.32 Å². The van der Waals surface area contributed by atoms with Crippen LogP contribution >= 0.6 is 0 Å². The van der Waals surface area contributed by atoms with Gasteiger partial charge in [0, 0.05) is 12.2 Å². The molecule has 150 valence electrons. The molecule has 2 N–H and O–H groups in total. The predicted octanol–water partition coefficient (Wildman–Crippen LogP) is 0.768. The van der Waals surface area contributed by atoms with Crippen LogP contribution in [0.25, 0.3) is 0 Å². The summed E-state index contributed by atoms with van der Waals surface area (Å²) in [6.07, 6.45) is 0.774. The zero-order chi connectivity index (χ0) is 19.8. The number of quaternary nitrogens is 1. The molecule has 1 heterocycles. The molecule has 0 aromatic heterocycles. The number of hydrogen-bond acceptors (Lipinski definition) is 4. The summed E-state index contributed by atoms with van der Waals surface area (Å²) in [5.41, 5.74) is 2.33. The molecule has 2 aromatic rings. The van der Waals surface area contributed by atoms with Gasteiger partial charge in [0.05, 0.1) is 40.4 Å². The van der Waals surface area contributed by atoms with Gasteiger partial charge in [-0.05, 0) is 42.3 Å². The molecule has 28 heavy (non-hydrogen) atoms. The molecule has 1 fully saturated rings. The van der Waals surface area contributed by atoms with Crippen molar-refractivity contribution < 1.29 is 19.2 Å². The maximum Gasteiger partial charge on any atom is 0.275 e. The summed E-state index contributed by atoms with van der Waals surface area (Å²) >= 11 is 0. The molecule has 1 amide bonds. The Labute approximate surface area is 167 Å². The first-order valence-electron chi connectivity index (χ1n) is 9.80. The number of nitrogens with zero attached hydrogens (tertiary/aromatic N) is 1. The Hall–Kier alpha value is -2.73. The van der Waals surface area contributed by atoms with Crippen molar-refractivity contribution in [2.24, 2.45) is 0 Å². The highest BCUT2D eigenvalue weighted by Crippen LogP contribution is 2.19. The first-order chi connectivity index (χ1) is 13.7. The molecule has 0 atom stereocenters. The van der Waals surface area contributed by atoms with Crippen LogP contribution in [0.5, 0.6) is 11.5 Å². The number of benzene rings is 2. The van der Waals surface area contributed by atoms with Crippen LogP contribution in [0.1, 0.15) is 5.56 Å². The molecule has 6 heteroatoms. The number of hydrogen-bond donors (Lipinski definition) is 2. The lowest BCUT2D eigenvalue weighted by Gasteiger charge is -2.33. The van der Waals surface area contributed by atoms with Gasteiger partial charge in [0.2, 0.25) is 0 Å². The van der Waals surface area contributed by atoms with Crippen molar-refractivity contribution in [3.63, 3.8) is 0 Å². The van der Waals surface area contributed by atoms with Gasteiger partial charge in [-0.3, -0.25) is 4.79 Å². The first kappa shape index (κ1) is 20.0. The first-order valence-corrected chi connectivity index (χ1v) is 9.80. The number of ether oxygens (including phenoxy) is 2. The molecule has 2 aromatic carbocycles. The monoisotopic (exact) mass is 384 g/mol. The van der Waals surface area contributed by atoms with Crippen LogP contribution in [0.2, 0.25) is 0 Å². The van der Waals surface area contributed by atoms with Gasteiger partial charge in [-0.2, -0.15) is 0 Å². The molecule has 0 saturated carbocycles. The summed E-state index contributed by atoms with van der Waals surface area (Å²) in [6.45, 7) is 5.00. The van der Waals surface area contributed by atoms with Crippen molar-refractivity contribution in [1.29, 1.82) is 0 Å². The number of nitrogens with one attached hydrogen (secondary N) is 2. The zero-order valence-corrected chi connectivity index (χ0v) is 16.7. The number of rotatable bonds is 8. The van der Waals surface area contributed by atoms with Gasteiger partial charge < -0.3 is 24.6 Å². The molecular weight excluding hydrogens is 354 g/mol. The number of carbonyl (C=O) groups is 1. The number of amides is 1.